The monoisotopic (exact) mass is 285 g/mol. The van der Waals surface area contributed by atoms with Gasteiger partial charge in [0.15, 0.2) is 0 Å². The van der Waals surface area contributed by atoms with Gasteiger partial charge in [-0.15, -0.1) is 0 Å². The van der Waals surface area contributed by atoms with Crippen molar-refractivity contribution >= 4 is 11.7 Å². The smallest absolute Gasteiger partial charge is 0.422 e. The van der Waals surface area contributed by atoms with Crippen molar-refractivity contribution < 1.29 is 18.7 Å². The van der Waals surface area contributed by atoms with Crippen LogP contribution in [0.2, 0.25) is 0 Å². The summed E-state index contributed by atoms with van der Waals surface area (Å²) in [6.45, 7) is 1.74. The zero-order chi connectivity index (χ0) is 15.2. The van der Waals surface area contributed by atoms with E-state index in [2.05, 4.69) is 9.77 Å². The number of hydrogen-bond acceptors (Lipinski definition) is 3. The molecule has 5 nitrogen and oxygen atoms in total. The first kappa shape index (κ1) is 14.6. The fourth-order valence-electron chi connectivity index (χ4n) is 1.86. The number of ether oxygens (including phenoxy) is 1. The van der Waals surface area contributed by atoms with Crippen molar-refractivity contribution in [3.05, 3.63) is 59.5 Å². The van der Waals surface area contributed by atoms with Crippen LogP contribution in [0, 0.1) is 5.82 Å². The van der Waals surface area contributed by atoms with E-state index in [-0.39, 0.29) is 17.9 Å². The average molecular weight is 285 g/mol. The molecule has 21 heavy (non-hydrogen) atoms. The van der Waals surface area contributed by atoms with E-state index < -0.39 is 11.8 Å². The van der Waals surface area contributed by atoms with E-state index in [0.29, 0.717) is 11.3 Å². The van der Waals surface area contributed by atoms with Gasteiger partial charge in [0.05, 0.1) is 17.9 Å². The van der Waals surface area contributed by atoms with Crippen LogP contribution in [-0.2, 0) is 9.53 Å². The van der Waals surface area contributed by atoms with Gasteiger partial charge in [-0.3, -0.25) is 4.98 Å². The highest BCUT2D eigenvalue weighted by Crippen LogP contribution is 2.23. The van der Waals surface area contributed by atoms with Crippen molar-refractivity contribution in [2.75, 3.05) is 6.61 Å². The van der Waals surface area contributed by atoms with Crippen LogP contribution in [0.25, 0.3) is 16.8 Å². The fraction of sp³-hybridized carbons (Fsp3) is 0.133. The third-order valence-electron chi connectivity index (χ3n) is 2.75. The molecule has 0 atom stereocenters. The number of halogens is 1. The van der Waals surface area contributed by atoms with Gasteiger partial charge in [0, 0.05) is 11.8 Å². The zero-order valence-electron chi connectivity index (χ0n) is 11.3. The third kappa shape index (κ3) is 3.19. The van der Waals surface area contributed by atoms with Crippen LogP contribution in [0.4, 0.5) is 4.39 Å². The molecule has 2 rings (SSSR count). The Morgan fingerprint density at radius 3 is 2.81 bits per heavy atom. The molecule has 0 fully saturated rings. The summed E-state index contributed by atoms with van der Waals surface area (Å²) in [4.78, 5) is 18.9. The van der Waals surface area contributed by atoms with E-state index in [0.717, 1.165) is 6.07 Å². The van der Waals surface area contributed by atoms with Gasteiger partial charge in [-0.2, -0.15) is 4.79 Å². The van der Waals surface area contributed by atoms with E-state index in [9.17, 15) is 9.18 Å². The average Bonchev–Trinajstić information content (AvgIpc) is 2.49. The second kappa shape index (κ2) is 6.54. The lowest BCUT2D eigenvalue weighted by molar-refractivity contribution is -0.139. The molecule has 0 saturated carbocycles. The Hall–Kier alpha value is -2.85. The molecule has 0 bridgehead atoms. The number of hydrogen-bond donors (Lipinski definition) is 0. The fourth-order valence-corrected chi connectivity index (χ4v) is 1.86. The standard InChI is InChI=1S/C15H12FN3O2/c1-2-21-15(20)14(19-17)12-9-10(16)6-7-11(12)13-5-3-4-8-18-13/h3-9H,2H2,1H3. The molecule has 0 aliphatic carbocycles. The normalized spacial score (nSPS) is 9.81. The largest absolute Gasteiger partial charge is 0.457 e. The number of aromatic nitrogens is 1. The van der Waals surface area contributed by atoms with Crippen molar-refractivity contribution in [3.63, 3.8) is 0 Å². The van der Waals surface area contributed by atoms with Gasteiger partial charge < -0.3 is 10.3 Å². The van der Waals surface area contributed by atoms with E-state index in [1.54, 1.807) is 31.3 Å². The Labute approximate surface area is 120 Å². The Kier molecular flexibility index (Phi) is 4.53. The molecule has 1 aromatic heterocycles. The van der Waals surface area contributed by atoms with Gasteiger partial charge in [0.1, 0.15) is 5.82 Å². The minimum absolute atomic E-state index is 0.117. The first-order valence-electron chi connectivity index (χ1n) is 6.28. The number of carbonyl (C=O) groups excluding carboxylic acids is 1. The van der Waals surface area contributed by atoms with Crippen LogP contribution in [0.15, 0.2) is 42.6 Å². The van der Waals surface area contributed by atoms with Gasteiger partial charge in [-0.25, -0.2) is 9.18 Å². The summed E-state index contributed by atoms with van der Waals surface area (Å²) in [6, 6.07) is 9.02. The molecule has 0 amide bonds. The number of esters is 1. The molecule has 2 aromatic rings. The van der Waals surface area contributed by atoms with Gasteiger partial charge in [0.25, 0.3) is 0 Å². The summed E-state index contributed by atoms with van der Waals surface area (Å²) >= 11 is 0. The summed E-state index contributed by atoms with van der Waals surface area (Å²) in [6.07, 6.45) is 1.57. The molecule has 0 N–H and O–H groups in total. The van der Waals surface area contributed by atoms with Crippen molar-refractivity contribution in [2.24, 2.45) is 0 Å². The summed E-state index contributed by atoms with van der Waals surface area (Å²) in [5.41, 5.74) is 9.84. The highest BCUT2D eigenvalue weighted by molar-refractivity contribution is 6.42. The maximum atomic E-state index is 13.5. The predicted molar refractivity (Wildman–Crippen MR) is 74.0 cm³/mol. The molecule has 1 heterocycles. The lowest BCUT2D eigenvalue weighted by atomic mass is 9.99. The van der Waals surface area contributed by atoms with Crippen LogP contribution >= 0.6 is 0 Å². The maximum Gasteiger partial charge on any atom is 0.422 e. The van der Waals surface area contributed by atoms with Crippen molar-refractivity contribution in [1.82, 2.24) is 4.98 Å². The Balaban J connectivity index is 2.60. The molecular formula is C15H12FN3O2. The van der Waals surface area contributed by atoms with Crippen molar-refractivity contribution in [2.45, 2.75) is 6.92 Å². The maximum absolute atomic E-state index is 13.5. The summed E-state index contributed by atoms with van der Waals surface area (Å²) in [7, 11) is 0. The van der Waals surface area contributed by atoms with Crippen molar-refractivity contribution in [3.8, 4) is 11.3 Å². The second-order valence-corrected chi connectivity index (χ2v) is 4.07. The van der Waals surface area contributed by atoms with E-state index in [1.807, 2.05) is 0 Å². The molecule has 0 unspecified atom stereocenters. The third-order valence-corrected chi connectivity index (χ3v) is 2.75. The number of benzene rings is 1. The number of rotatable bonds is 4. The summed E-state index contributed by atoms with van der Waals surface area (Å²) < 4.78 is 18.3. The second-order valence-electron chi connectivity index (χ2n) is 4.07. The van der Waals surface area contributed by atoms with Crippen LogP contribution < -0.4 is 0 Å². The van der Waals surface area contributed by atoms with E-state index in [4.69, 9.17) is 10.3 Å². The molecule has 106 valence electrons. The van der Waals surface area contributed by atoms with E-state index >= 15 is 0 Å². The summed E-state index contributed by atoms with van der Waals surface area (Å²) in [5, 5.41) is 0. The number of carbonyl (C=O) groups is 1. The minimum Gasteiger partial charge on any atom is -0.457 e. The molecule has 6 heteroatoms. The quantitative estimate of drug-likeness (QED) is 0.375. The minimum atomic E-state index is -0.831. The molecule has 1 aromatic carbocycles. The SMILES string of the molecule is CCOC(=O)C(=[N+]=[N-])c1cc(F)ccc1-c1ccccn1. The molecule has 0 aliphatic heterocycles. The van der Waals surface area contributed by atoms with Gasteiger partial charge >= 0.3 is 11.7 Å². The zero-order valence-corrected chi connectivity index (χ0v) is 11.3. The predicted octanol–water partition coefficient (Wildman–Crippen LogP) is 2.47. The highest BCUT2D eigenvalue weighted by atomic mass is 19.1. The molecule has 0 aliphatic rings. The lowest BCUT2D eigenvalue weighted by Gasteiger charge is -2.06. The Bertz CT molecular complexity index is 710. The highest BCUT2D eigenvalue weighted by Gasteiger charge is 2.28. The number of pyridine rings is 1. The first-order chi connectivity index (χ1) is 10.2. The molecule has 0 spiro atoms. The molecule has 0 saturated heterocycles. The molecular weight excluding hydrogens is 273 g/mol. The van der Waals surface area contributed by atoms with Crippen LogP contribution in [0.3, 0.4) is 0 Å². The topological polar surface area (TPSA) is 75.6 Å². The van der Waals surface area contributed by atoms with Gasteiger partial charge in [-0.1, -0.05) is 6.07 Å². The Morgan fingerprint density at radius 1 is 1.38 bits per heavy atom. The molecule has 0 radical (unpaired) electrons. The van der Waals surface area contributed by atoms with E-state index in [1.165, 1.54) is 12.1 Å². The van der Waals surface area contributed by atoms with Gasteiger partial charge in [-0.05, 0) is 37.3 Å². The van der Waals surface area contributed by atoms with Crippen LogP contribution in [-0.4, -0.2) is 28.1 Å². The first-order valence-corrected chi connectivity index (χ1v) is 6.28. The number of nitrogens with zero attached hydrogens (tertiary/aromatic N) is 3. The van der Waals surface area contributed by atoms with Crippen molar-refractivity contribution in [1.29, 1.82) is 0 Å². The Morgan fingerprint density at radius 2 is 2.19 bits per heavy atom. The lowest BCUT2D eigenvalue weighted by Crippen LogP contribution is -2.21. The van der Waals surface area contributed by atoms with Crippen LogP contribution in [0.5, 0.6) is 0 Å². The summed E-state index contributed by atoms with van der Waals surface area (Å²) in [5.74, 6) is -1.39. The van der Waals surface area contributed by atoms with Gasteiger partial charge in [0.2, 0.25) is 0 Å². The van der Waals surface area contributed by atoms with Crippen LogP contribution in [0.1, 0.15) is 12.5 Å².